The molecule has 4 aliphatic rings. The van der Waals surface area contributed by atoms with E-state index in [1.165, 1.54) is 44.1 Å². The second-order valence-electron chi connectivity index (χ2n) is 11.4. The molecule has 0 spiro atoms. The molecule has 0 aromatic heterocycles. The van der Waals surface area contributed by atoms with Crippen LogP contribution in [0.15, 0.2) is 34.8 Å². The normalized spacial score (nSPS) is 32.2. The lowest BCUT2D eigenvalue weighted by Gasteiger charge is -2.65. The van der Waals surface area contributed by atoms with E-state index in [-0.39, 0.29) is 12.1 Å². The Morgan fingerprint density at radius 2 is 1.70 bits per heavy atom. The zero-order chi connectivity index (χ0) is 23.4. The van der Waals surface area contributed by atoms with Crippen molar-refractivity contribution in [3.05, 3.63) is 56.0 Å². The number of methoxy groups -OCH3 is 1. The third-order valence-corrected chi connectivity index (χ3v) is 9.30. The van der Waals surface area contributed by atoms with E-state index in [1.807, 2.05) is 18.2 Å². The van der Waals surface area contributed by atoms with Crippen LogP contribution < -0.4 is 14.8 Å². The van der Waals surface area contributed by atoms with Crippen LogP contribution in [0.2, 0.25) is 10.0 Å². The second kappa shape index (κ2) is 8.62. The van der Waals surface area contributed by atoms with Crippen LogP contribution in [0, 0.1) is 16.7 Å². The quantitative estimate of drug-likeness (QED) is 0.375. The maximum absolute atomic E-state index is 6.31. The number of ether oxygens (including phenoxy) is 2. The lowest BCUT2D eigenvalue weighted by molar-refractivity contribution is -0.118. The minimum absolute atomic E-state index is 0.263. The van der Waals surface area contributed by atoms with Crippen LogP contribution in [0.3, 0.4) is 0 Å². The molecule has 4 atom stereocenters. The van der Waals surface area contributed by atoms with Gasteiger partial charge in [0, 0.05) is 27.7 Å². The lowest BCUT2D eigenvalue weighted by Crippen LogP contribution is -2.63. The molecule has 3 nitrogen and oxygen atoms in total. The number of halogens is 3. The van der Waals surface area contributed by atoms with Gasteiger partial charge in [0.25, 0.3) is 0 Å². The van der Waals surface area contributed by atoms with Gasteiger partial charge in [0.1, 0.15) is 6.61 Å². The molecule has 0 amide bonds. The zero-order valence-corrected chi connectivity index (χ0v) is 22.7. The van der Waals surface area contributed by atoms with E-state index in [4.69, 9.17) is 32.7 Å². The predicted octanol–water partition coefficient (Wildman–Crippen LogP) is 8.18. The summed E-state index contributed by atoms with van der Waals surface area (Å²) < 4.78 is 12.7. The fourth-order valence-electron chi connectivity index (χ4n) is 7.76. The SMILES string of the molecule is COc1cc(CNC23CC4C[C@@](C)(C2)C[C@](C)(C4)C3)cc(Br)c1OCc1c(Cl)cccc1Cl. The second-order valence-corrected chi connectivity index (χ2v) is 13.0. The highest BCUT2D eigenvalue weighted by Gasteiger charge is 2.59. The Morgan fingerprint density at radius 3 is 2.30 bits per heavy atom. The Hall–Kier alpha value is -0.940. The van der Waals surface area contributed by atoms with Crippen LogP contribution in [-0.4, -0.2) is 12.6 Å². The average molecular weight is 553 g/mol. The summed E-state index contributed by atoms with van der Waals surface area (Å²) >= 11 is 16.3. The van der Waals surface area contributed by atoms with Crippen LogP contribution in [0.5, 0.6) is 11.5 Å². The molecule has 6 rings (SSSR count). The molecule has 0 saturated heterocycles. The summed E-state index contributed by atoms with van der Waals surface area (Å²) in [6.07, 6.45) is 8.12. The molecule has 2 aromatic rings. The van der Waals surface area contributed by atoms with Crippen molar-refractivity contribution < 1.29 is 9.47 Å². The Bertz CT molecular complexity index is 1040. The van der Waals surface area contributed by atoms with E-state index in [1.54, 1.807) is 7.11 Å². The number of hydrogen-bond donors (Lipinski definition) is 1. The molecule has 0 heterocycles. The highest BCUT2D eigenvalue weighted by atomic mass is 79.9. The number of rotatable bonds is 7. The van der Waals surface area contributed by atoms with Gasteiger partial charge < -0.3 is 14.8 Å². The minimum atomic E-state index is 0.263. The molecule has 33 heavy (non-hydrogen) atoms. The van der Waals surface area contributed by atoms with Crippen molar-refractivity contribution >= 4 is 39.1 Å². The van der Waals surface area contributed by atoms with Gasteiger partial charge >= 0.3 is 0 Å². The standard InChI is InChI=1S/C27H32BrCl2NO2/c1-25-9-18-10-26(2,14-25)16-27(11-18,15-25)31-12-17-7-20(28)24(23(8-17)32-3)33-13-19-21(29)5-4-6-22(19)30/h4-8,18,31H,9-16H2,1-3H3/t18?,25-,26+,27?. The topological polar surface area (TPSA) is 30.5 Å². The molecule has 6 heteroatoms. The van der Waals surface area contributed by atoms with Gasteiger partial charge in [-0.2, -0.15) is 0 Å². The first-order valence-corrected chi connectivity index (χ1v) is 13.3. The summed E-state index contributed by atoms with van der Waals surface area (Å²) in [6, 6.07) is 9.67. The van der Waals surface area contributed by atoms with E-state index < -0.39 is 0 Å². The predicted molar refractivity (Wildman–Crippen MR) is 138 cm³/mol. The summed E-state index contributed by atoms with van der Waals surface area (Å²) in [7, 11) is 1.68. The summed E-state index contributed by atoms with van der Waals surface area (Å²) in [4.78, 5) is 0. The van der Waals surface area contributed by atoms with Crippen molar-refractivity contribution in [2.45, 2.75) is 71.1 Å². The van der Waals surface area contributed by atoms with Crippen molar-refractivity contribution in [1.29, 1.82) is 0 Å². The number of nitrogens with one attached hydrogen (secondary N) is 1. The van der Waals surface area contributed by atoms with Gasteiger partial charge in [0.2, 0.25) is 0 Å². The fourth-order valence-corrected chi connectivity index (χ4v) is 8.87. The third-order valence-electron chi connectivity index (χ3n) is 8.01. The van der Waals surface area contributed by atoms with Crippen molar-refractivity contribution in [1.82, 2.24) is 5.32 Å². The minimum Gasteiger partial charge on any atom is -0.493 e. The van der Waals surface area contributed by atoms with Crippen molar-refractivity contribution in [2.24, 2.45) is 16.7 Å². The van der Waals surface area contributed by atoms with Gasteiger partial charge in [0.05, 0.1) is 11.6 Å². The van der Waals surface area contributed by atoms with E-state index in [0.717, 1.165) is 22.5 Å². The molecule has 2 unspecified atom stereocenters. The van der Waals surface area contributed by atoms with E-state index in [9.17, 15) is 0 Å². The lowest BCUT2D eigenvalue weighted by atomic mass is 9.43. The summed E-state index contributed by atoms with van der Waals surface area (Å²) in [5, 5.41) is 5.20. The average Bonchev–Trinajstić information content (AvgIpc) is 2.70. The van der Waals surface area contributed by atoms with Gasteiger partial charge in [-0.3, -0.25) is 0 Å². The van der Waals surface area contributed by atoms with Crippen LogP contribution in [0.4, 0.5) is 0 Å². The molecule has 4 aliphatic carbocycles. The molecular formula is C27H32BrCl2NO2. The largest absolute Gasteiger partial charge is 0.493 e. The molecule has 4 fully saturated rings. The van der Waals surface area contributed by atoms with Gasteiger partial charge in [-0.25, -0.2) is 0 Å². The van der Waals surface area contributed by atoms with E-state index >= 15 is 0 Å². The zero-order valence-electron chi connectivity index (χ0n) is 19.6. The van der Waals surface area contributed by atoms with Gasteiger partial charge in [0.15, 0.2) is 11.5 Å². The smallest absolute Gasteiger partial charge is 0.175 e. The van der Waals surface area contributed by atoms with E-state index in [0.29, 0.717) is 32.4 Å². The van der Waals surface area contributed by atoms with Gasteiger partial charge in [-0.15, -0.1) is 0 Å². The summed E-state index contributed by atoms with van der Waals surface area (Å²) in [5.41, 5.74) is 3.21. The first-order chi connectivity index (χ1) is 15.6. The molecule has 178 valence electrons. The van der Waals surface area contributed by atoms with Gasteiger partial charge in [-0.05, 0) is 101 Å². The Morgan fingerprint density at radius 1 is 1.03 bits per heavy atom. The van der Waals surface area contributed by atoms with Crippen molar-refractivity contribution in [2.75, 3.05) is 7.11 Å². The van der Waals surface area contributed by atoms with Crippen molar-refractivity contribution in [3.63, 3.8) is 0 Å². The molecule has 4 bridgehead atoms. The molecular weight excluding hydrogens is 521 g/mol. The molecule has 2 aromatic carbocycles. The monoisotopic (exact) mass is 551 g/mol. The number of hydrogen-bond acceptors (Lipinski definition) is 3. The summed E-state index contributed by atoms with van der Waals surface area (Å²) in [5.74, 6) is 2.23. The van der Waals surface area contributed by atoms with E-state index in [2.05, 4.69) is 47.2 Å². The van der Waals surface area contributed by atoms with Crippen molar-refractivity contribution in [3.8, 4) is 11.5 Å². The first kappa shape index (κ1) is 23.8. The third kappa shape index (κ3) is 4.66. The Labute approximate surface area is 215 Å². The highest BCUT2D eigenvalue weighted by Crippen LogP contribution is 2.66. The molecule has 4 saturated carbocycles. The fraction of sp³-hybridized carbons (Fsp3) is 0.556. The summed E-state index contributed by atoms with van der Waals surface area (Å²) in [6.45, 7) is 6.13. The number of benzene rings is 2. The Balaban J connectivity index is 1.32. The Kier molecular flexibility index (Phi) is 6.21. The van der Waals surface area contributed by atoms with Gasteiger partial charge in [-0.1, -0.05) is 43.1 Å². The van der Waals surface area contributed by atoms with Crippen LogP contribution in [0.25, 0.3) is 0 Å². The maximum atomic E-state index is 6.31. The van der Waals surface area contributed by atoms with Crippen LogP contribution in [0.1, 0.15) is 63.5 Å². The maximum Gasteiger partial charge on any atom is 0.175 e. The van der Waals surface area contributed by atoms with Crippen LogP contribution >= 0.6 is 39.1 Å². The first-order valence-electron chi connectivity index (χ1n) is 11.8. The highest BCUT2D eigenvalue weighted by molar-refractivity contribution is 9.10. The molecule has 0 aliphatic heterocycles. The van der Waals surface area contributed by atoms with Crippen LogP contribution in [-0.2, 0) is 13.2 Å². The molecule has 0 radical (unpaired) electrons. The molecule has 1 N–H and O–H groups in total.